The molecule has 0 fully saturated rings. The van der Waals surface area contributed by atoms with Crippen molar-refractivity contribution < 1.29 is 158 Å². The van der Waals surface area contributed by atoms with Crippen molar-refractivity contribution >= 4 is 24.4 Å². The Morgan fingerprint density at radius 2 is 0.611 bits per heavy atom. The van der Waals surface area contributed by atoms with Gasteiger partial charge in [0.1, 0.15) is 24.4 Å². The van der Waals surface area contributed by atoms with Crippen LogP contribution in [-0.4, -0.2) is 24.4 Å². The maximum atomic E-state index is 9.17. The van der Waals surface area contributed by atoms with E-state index >= 15 is 0 Å². The molecule has 0 rings (SSSR count). The summed E-state index contributed by atoms with van der Waals surface area (Å²) in [6, 6.07) is 0. The third-order valence-electron chi connectivity index (χ3n) is 0.408. The van der Waals surface area contributed by atoms with Gasteiger partial charge in [-0.05, 0) is 0 Å². The molecule has 80 valence electrons. The molecule has 4 amide bonds. The molecule has 0 aliphatic carbocycles. The summed E-state index contributed by atoms with van der Waals surface area (Å²) in [5, 5.41) is 38.5. The molecular weight excluding hydrogens is 296 g/mol. The monoisotopic (exact) mass is 298 g/mol. The van der Waals surface area contributed by atoms with Crippen molar-refractivity contribution in [2.24, 2.45) is 0 Å². The smallest absolute Gasteiger partial charge is 0.530 e. The second-order valence-electron chi connectivity index (χ2n) is 1.40. The first-order valence-corrected chi connectivity index (χ1v) is 2.63. The minimum absolute atomic E-state index is 0. The molecule has 0 spiro atoms. The van der Waals surface area contributed by atoms with Gasteiger partial charge in [-0.2, -0.15) is 0 Å². The first-order chi connectivity index (χ1) is 6.25. The van der Waals surface area contributed by atoms with Gasteiger partial charge in [0.15, 0.2) is 0 Å². The molecule has 0 unspecified atom stereocenters. The average molecular weight is 298 g/mol. The SMILES string of the molecule is O=C([O-])NC(=O)[O-].O=C([O-])NC(=O)[O-].[Na+].[Na+].[Na+].[Na+]. The van der Waals surface area contributed by atoms with Crippen LogP contribution in [0.3, 0.4) is 0 Å². The summed E-state index contributed by atoms with van der Waals surface area (Å²) in [5.74, 6) is 0. The maximum Gasteiger partial charge on any atom is 1.00 e. The van der Waals surface area contributed by atoms with Gasteiger partial charge in [-0.25, -0.2) is 0 Å². The average Bonchev–Trinajstić information content (AvgIpc) is 1.79. The summed E-state index contributed by atoms with van der Waals surface area (Å²) in [4.78, 5) is 36.7. The van der Waals surface area contributed by atoms with Gasteiger partial charge in [0.05, 0.1) is 0 Å². The number of carbonyl (C=O) groups is 4. The Morgan fingerprint density at radius 1 is 0.500 bits per heavy atom. The molecule has 0 saturated heterocycles. The standard InChI is InChI=1S/2C2H3NO4.4Na/c2*4-1(5)3-2(6)7;;;;/h2*3H,(H,4,5)(H,6,7);;;;/q;;4*+1/p-4. The zero-order valence-electron chi connectivity index (χ0n) is 10.3. The number of nitrogens with one attached hydrogen (secondary N) is 2. The minimum Gasteiger partial charge on any atom is -0.530 e. The normalized spacial score (nSPS) is 5.78. The van der Waals surface area contributed by atoms with E-state index < -0.39 is 24.4 Å². The summed E-state index contributed by atoms with van der Waals surface area (Å²) in [5.41, 5.74) is 0. The third kappa shape index (κ3) is 52.8. The van der Waals surface area contributed by atoms with Gasteiger partial charge in [-0.1, -0.05) is 0 Å². The van der Waals surface area contributed by atoms with Crippen molar-refractivity contribution in [1.82, 2.24) is 10.6 Å². The minimum atomic E-state index is -1.88. The van der Waals surface area contributed by atoms with Crippen molar-refractivity contribution in [2.75, 3.05) is 0 Å². The van der Waals surface area contributed by atoms with Crippen LogP contribution in [-0.2, 0) is 0 Å². The molecule has 2 N–H and O–H groups in total. The van der Waals surface area contributed by atoms with Gasteiger partial charge >= 0.3 is 118 Å². The Balaban J connectivity index is -0.0000000327. The number of rotatable bonds is 0. The first-order valence-electron chi connectivity index (χ1n) is 2.63. The predicted molar refractivity (Wildman–Crippen MR) is 27.9 cm³/mol. The van der Waals surface area contributed by atoms with E-state index in [1.807, 2.05) is 0 Å². The number of amides is 4. The molecule has 10 nitrogen and oxygen atoms in total. The number of carboxylic acid groups (broad SMARTS) is 4. The van der Waals surface area contributed by atoms with E-state index in [2.05, 4.69) is 0 Å². The second kappa shape index (κ2) is 23.6. The molecule has 14 heteroatoms. The van der Waals surface area contributed by atoms with E-state index in [9.17, 15) is 0 Å². The maximum absolute atomic E-state index is 9.17. The van der Waals surface area contributed by atoms with Crippen molar-refractivity contribution in [3.63, 3.8) is 0 Å². The van der Waals surface area contributed by atoms with E-state index in [0.717, 1.165) is 10.6 Å². The second-order valence-corrected chi connectivity index (χ2v) is 1.40. The van der Waals surface area contributed by atoms with Crippen molar-refractivity contribution in [2.45, 2.75) is 0 Å². The Kier molecular flexibility index (Phi) is 47.9. The third-order valence-corrected chi connectivity index (χ3v) is 0.408. The van der Waals surface area contributed by atoms with E-state index in [-0.39, 0.29) is 118 Å². The van der Waals surface area contributed by atoms with Gasteiger partial charge in [-0.3, -0.25) is 0 Å². The molecular formula is C4H2N2Na4O8. The van der Waals surface area contributed by atoms with Crippen LogP contribution in [0.4, 0.5) is 19.2 Å². The zero-order chi connectivity index (χ0) is 11.7. The van der Waals surface area contributed by atoms with Crippen LogP contribution in [0.2, 0.25) is 0 Å². The molecule has 0 aromatic rings. The quantitative estimate of drug-likeness (QED) is 0.412. The number of imide groups is 2. The van der Waals surface area contributed by atoms with Gasteiger partial charge in [0, 0.05) is 0 Å². The van der Waals surface area contributed by atoms with Crippen LogP contribution in [0.15, 0.2) is 0 Å². The predicted octanol–water partition coefficient (Wildman–Crippen LogP) is -17.5. The van der Waals surface area contributed by atoms with Crippen molar-refractivity contribution in [3.05, 3.63) is 0 Å². The molecule has 0 atom stereocenters. The zero-order valence-corrected chi connectivity index (χ0v) is 18.3. The Morgan fingerprint density at radius 3 is 0.611 bits per heavy atom. The molecule has 0 aromatic carbocycles. The summed E-state index contributed by atoms with van der Waals surface area (Å²) in [7, 11) is 0. The molecule has 0 heterocycles. The van der Waals surface area contributed by atoms with Crippen LogP contribution in [0.25, 0.3) is 0 Å². The van der Waals surface area contributed by atoms with Gasteiger partial charge in [0.2, 0.25) is 0 Å². The van der Waals surface area contributed by atoms with Crippen LogP contribution in [0, 0.1) is 0 Å². The first kappa shape index (κ1) is 36.6. The van der Waals surface area contributed by atoms with Crippen LogP contribution in [0.1, 0.15) is 0 Å². The summed E-state index contributed by atoms with van der Waals surface area (Å²) >= 11 is 0. The van der Waals surface area contributed by atoms with E-state index in [4.69, 9.17) is 39.6 Å². The largest absolute Gasteiger partial charge is 1.00 e. The summed E-state index contributed by atoms with van der Waals surface area (Å²) < 4.78 is 0. The number of hydrogen-bond donors (Lipinski definition) is 2. The number of carbonyl (C=O) groups excluding carboxylic acids is 4. The van der Waals surface area contributed by atoms with Crippen LogP contribution in [0.5, 0.6) is 0 Å². The molecule has 0 aliphatic rings. The molecule has 0 bridgehead atoms. The van der Waals surface area contributed by atoms with E-state index in [1.165, 1.54) is 0 Å². The van der Waals surface area contributed by atoms with Gasteiger partial charge < -0.3 is 50.2 Å². The Labute approximate surface area is 189 Å². The summed E-state index contributed by atoms with van der Waals surface area (Å²) in [6.07, 6.45) is -7.50. The fraction of sp³-hybridized carbons (Fsp3) is 0. The van der Waals surface area contributed by atoms with E-state index in [0.29, 0.717) is 0 Å². The van der Waals surface area contributed by atoms with Crippen molar-refractivity contribution in [1.29, 1.82) is 0 Å². The van der Waals surface area contributed by atoms with Crippen LogP contribution >= 0.6 is 0 Å². The summed E-state index contributed by atoms with van der Waals surface area (Å²) in [6.45, 7) is 0. The van der Waals surface area contributed by atoms with Crippen molar-refractivity contribution in [3.8, 4) is 0 Å². The van der Waals surface area contributed by atoms with Gasteiger partial charge in [0.25, 0.3) is 0 Å². The fourth-order valence-corrected chi connectivity index (χ4v) is 0.167. The van der Waals surface area contributed by atoms with Crippen LogP contribution < -0.4 is 149 Å². The fourth-order valence-electron chi connectivity index (χ4n) is 0.167. The Bertz CT molecular complexity index is 211. The molecule has 0 radical (unpaired) electrons. The van der Waals surface area contributed by atoms with Gasteiger partial charge in [-0.15, -0.1) is 0 Å². The topological polar surface area (TPSA) is 185 Å². The molecule has 18 heavy (non-hydrogen) atoms. The number of hydrogen-bond acceptors (Lipinski definition) is 8. The molecule has 0 saturated carbocycles. The van der Waals surface area contributed by atoms with E-state index in [1.54, 1.807) is 0 Å². The molecule has 0 aromatic heterocycles. The molecule has 0 aliphatic heterocycles. The Hall–Kier alpha value is 1.48.